The molecular formula is C17H29N3S. The van der Waals surface area contributed by atoms with Crippen molar-refractivity contribution in [2.24, 2.45) is 0 Å². The molecule has 0 amide bonds. The minimum atomic E-state index is 0.131. The van der Waals surface area contributed by atoms with Crippen LogP contribution in [0.5, 0.6) is 0 Å². The molecule has 1 aromatic heterocycles. The lowest BCUT2D eigenvalue weighted by Gasteiger charge is -2.37. The molecule has 2 unspecified atom stereocenters. The molecule has 2 rings (SSSR count). The molecule has 4 heteroatoms. The van der Waals surface area contributed by atoms with E-state index in [1.807, 2.05) is 0 Å². The average molecular weight is 308 g/mol. The van der Waals surface area contributed by atoms with Crippen molar-refractivity contribution in [1.29, 1.82) is 0 Å². The first kappa shape index (κ1) is 16.8. The van der Waals surface area contributed by atoms with Crippen molar-refractivity contribution >= 4 is 11.8 Å². The number of pyridine rings is 1. The number of hydrogen-bond donors (Lipinski definition) is 1. The first-order valence-corrected chi connectivity index (χ1v) is 8.95. The van der Waals surface area contributed by atoms with E-state index in [-0.39, 0.29) is 5.54 Å². The fourth-order valence-corrected chi connectivity index (χ4v) is 3.66. The van der Waals surface area contributed by atoms with Crippen LogP contribution in [0.15, 0.2) is 18.2 Å². The van der Waals surface area contributed by atoms with Gasteiger partial charge in [-0.05, 0) is 39.8 Å². The van der Waals surface area contributed by atoms with Gasteiger partial charge in [0.15, 0.2) is 0 Å². The van der Waals surface area contributed by atoms with Gasteiger partial charge in [0.05, 0.1) is 11.4 Å². The van der Waals surface area contributed by atoms with Crippen molar-refractivity contribution in [3.05, 3.63) is 29.6 Å². The first-order chi connectivity index (χ1) is 9.85. The van der Waals surface area contributed by atoms with Gasteiger partial charge >= 0.3 is 0 Å². The number of nitrogens with one attached hydrogen (secondary N) is 1. The zero-order chi connectivity index (χ0) is 15.5. The number of aromatic nitrogens is 1. The molecule has 21 heavy (non-hydrogen) atoms. The topological polar surface area (TPSA) is 28.2 Å². The van der Waals surface area contributed by atoms with Crippen molar-refractivity contribution in [3.8, 4) is 0 Å². The summed E-state index contributed by atoms with van der Waals surface area (Å²) in [6.07, 6.45) is 0. The van der Waals surface area contributed by atoms with Crippen LogP contribution in [-0.4, -0.2) is 39.0 Å². The fourth-order valence-electron chi connectivity index (χ4n) is 2.50. The van der Waals surface area contributed by atoms with E-state index in [1.54, 1.807) is 0 Å². The molecule has 2 atom stereocenters. The zero-order valence-corrected chi connectivity index (χ0v) is 14.8. The minimum absolute atomic E-state index is 0.131. The normalized spacial score (nSPS) is 24.2. The maximum Gasteiger partial charge on any atom is 0.0547 e. The molecule has 1 aliphatic rings. The van der Waals surface area contributed by atoms with Crippen molar-refractivity contribution in [1.82, 2.24) is 15.2 Å². The quantitative estimate of drug-likeness (QED) is 0.924. The predicted octanol–water partition coefficient (Wildman–Crippen LogP) is 3.30. The van der Waals surface area contributed by atoms with Crippen molar-refractivity contribution in [2.75, 3.05) is 12.3 Å². The summed E-state index contributed by atoms with van der Waals surface area (Å²) < 4.78 is 0. The van der Waals surface area contributed by atoms with Crippen LogP contribution >= 0.6 is 11.8 Å². The SMILES string of the molecule is CC1SCCN(Cc2cccc(CNC(C)(C)C)n2)C1C. The molecule has 118 valence electrons. The Bertz CT molecular complexity index is 456. The van der Waals surface area contributed by atoms with Crippen LogP contribution in [0.3, 0.4) is 0 Å². The van der Waals surface area contributed by atoms with E-state index >= 15 is 0 Å². The van der Waals surface area contributed by atoms with Crippen LogP contribution < -0.4 is 5.32 Å². The minimum Gasteiger partial charge on any atom is -0.306 e. The number of nitrogens with zero attached hydrogens (tertiary/aromatic N) is 2. The molecular weight excluding hydrogens is 278 g/mol. The molecule has 0 aromatic carbocycles. The maximum atomic E-state index is 4.82. The van der Waals surface area contributed by atoms with E-state index in [2.05, 4.69) is 74.8 Å². The Morgan fingerprint density at radius 1 is 1.29 bits per heavy atom. The summed E-state index contributed by atoms with van der Waals surface area (Å²) in [5.74, 6) is 1.23. The second-order valence-corrected chi connectivity index (χ2v) is 8.50. The van der Waals surface area contributed by atoms with Gasteiger partial charge in [0, 0.05) is 42.2 Å². The Kier molecular flexibility index (Phi) is 5.69. The molecule has 0 spiro atoms. The Morgan fingerprint density at radius 2 is 2.00 bits per heavy atom. The molecule has 1 fully saturated rings. The van der Waals surface area contributed by atoms with Crippen LogP contribution in [0.2, 0.25) is 0 Å². The molecule has 0 bridgehead atoms. The fraction of sp³-hybridized carbons (Fsp3) is 0.706. The first-order valence-electron chi connectivity index (χ1n) is 7.90. The van der Waals surface area contributed by atoms with Crippen LogP contribution in [0, 0.1) is 0 Å². The van der Waals surface area contributed by atoms with Crippen molar-refractivity contribution in [2.45, 2.75) is 64.5 Å². The summed E-state index contributed by atoms with van der Waals surface area (Å²) >= 11 is 2.08. The Hall–Kier alpha value is -0.580. The summed E-state index contributed by atoms with van der Waals surface area (Å²) in [5, 5.41) is 4.22. The van der Waals surface area contributed by atoms with Gasteiger partial charge in [0.25, 0.3) is 0 Å². The Morgan fingerprint density at radius 3 is 2.71 bits per heavy atom. The monoisotopic (exact) mass is 307 g/mol. The molecule has 1 saturated heterocycles. The van der Waals surface area contributed by atoms with Gasteiger partial charge in [-0.3, -0.25) is 9.88 Å². The molecule has 0 aliphatic carbocycles. The molecule has 1 N–H and O–H groups in total. The third-order valence-electron chi connectivity index (χ3n) is 4.04. The van der Waals surface area contributed by atoms with Gasteiger partial charge in [-0.1, -0.05) is 13.0 Å². The third kappa shape index (κ3) is 5.28. The van der Waals surface area contributed by atoms with Crippen LogP contribution in [0.4, 0.5) is 0 Å². The second kappa shape index (κ2) is 7.12. The lowest BCUT2D eigenvalue weighted by Crippen LogP contribution is -2.44. The predicted molar refractivity (Wildman–Crippen MR) is 92.6 cm³/mol. The number of rotatable bonds is 4. The molecule has 0 radical (unpaired) electrons. The lowest BCUT2D eigenvalue weighted by molar-refractivity contribution is 0.202. The smallest absolute Gasteiger partial charge is 0.0547 e. The number of hydrogen-bond acceptors (Lipinski definition) is 4. The van der Waals surface area contributed by atoms with Gasteiger partial charge in [-0.25, -0.2) is 0 Å². The van der Waals surface area contributed by atoms with E-state index in [4.69, 9.17) is 4.98 Å². The molecule has 1 aliphatic heterocycles. The summed E-state index contributed by atoms with van der Waals surface area (Å²) in [5.41, 5.74) is 2.45. The number of thioether (sulfide) groups is 1. The van der Waals surface area contributed by atoms with Gasteiger partial charge < -0.3 is 5.32 Å². The van der Waals surface area contributed by atoms with E-state index < -0.39 is 0 Å². The van der Waals surface area contributed by atoms with E-state index in [0.29, 0.717) is 11.3 Å². The highest BCUT2D eigenvalue weighted by Crippen LogP contribution is 2.25. The lowest BCUT2D eigenvalue weighted by atomic mass is 10.1. The average Bonchev–Trinajstić information content (AvgIpc) is 2.41. The maximum absolute atomic E-state index is 4.82. The summed E-state index contributed by atoms with van der Waals surface area (Å²) in [6.45, 7) is 14.2. The van der Waals surface area contributed by atoms with E-state index in [9.17, 15) is 0 Å². The van der Waals surface area contributed by atoms with Gasteiger partial charge in [0.1, 0.15) is 0 Å². The summed E-state index contributed by atoms with van der Waals surface area (Å²) in [7, 11) is 0. The van der Waals surface area contributed by atoms with Crippen molar-refractivity contribution < 1.29 is 0 Å². The van der Waals surface area contributed by atoms with Gasteiger partial charge in [0.2, 0.25) is 0 Å². The largest absolute Gasteiger partial charge is 0.306 e. The highest BCUT2D eigenvalue weighted by molar-refractivity contribution is 8.00. The molecule has 2 heterocycles. The summed E-state index contributed by atoms with van der Waals surface area (Å²) in [4.78, 5) is 7.38. The van der Waals surface area contributed by atoms with E-state index in [1.165, 1.54) is 18.0 Å². The molecule has 0 saturated carbocycles. The van der Waals surface area contributed by atoms with Crippen molar-refractivity contribution in [3.63, 3.8) is 0 Å². The van der Waals surface area contributed by atoms with Crippen LogP contribution in [0.1, 0.15) is 46.0 Å². The van der Waals surface area contributed by atoms with Gasteiger partial charge in [-0.2, -0.15) is 11.8 Å². The van der Waals surface area contributed by atoms with Gasteiger partial charge in [-0.15, -0.1) is 0 Å². The zero-order valence-electron chi connectivity index (χ0n) is 14.0. The highest BCUT2D eigenvalue weighted by atomic mass is 32.2. The Labute approximate surface area is 133 Å². The summed E-state index contributed by atoms with van der Waals surface area (Å²) in [6, 6.07) is 7.02. The van der Waals surface area contributed by atoms with E-state index in [0.717, 1.165) is 18.8 Å². The third-order valence-corrected chi connectivity index (χ3v) is 5.38. The highest BCUT2D eigenvalue weighted by Gasteiger charge is 2.25. The molecule has 3 nitrogen and oxygen atoms in total. The Balaban J connectivity index is 1.97. The molecule has 1 aromatic rings. The van der Waals surface area contributed by atoms with Crippen LogP contribution in [-0.2, 0) is 13.1 Å². The second-order valence-electron chi connectivity index (χ2n) is 7.01. The van der Waals surface area contributed by atoms with Crippen LogP contribution in [0.25, 0.3) is 0 Å². The standard InChI is InChI=1S/C17H29N3S/c1-13-14(2)21-10-9-20(13)12-16-8-6-7-15(19-16)11-18-17(3,4)5/h6-8,13-14,18H,9-12H2,1-5H3.